The minimum absolute atomic E-state index is 0.0640. The highest BCUT2D eigenvalue weighted by molar-refractivity contribution is 6.37. The zero-order chi connectivity index (χ0) is 22.4. The van der Waals surface area contributed by atoms with Gasteiger partial charge >= 0.3 is 5.69 Å². The van der Waals surface area contributed by atoms with E-state index in [9.17, 15) is 14.4 Å². The van der Waals surface area contributed by atoms with Gasteiger partial charge in [0.25, 0.3) is 5.56 Å². The number of nitrogens with zero attached hydrogens (tertiary/aromatic N) is 2. The summed E-state index contributed by atoms with van der Waals surface area (Å²) in [7, 11) is 0. The van der Waals surface area contributed by atoms with E-state index in [1.165, 1.54) is 12.1 Å². The summed E-state index contributed by atoms with van der Waals surface area (Å²) in [6.07, 6.45) is 2.58. The maximum absolute atomic E-state index is 12.6. The van der Waals surface area contributed by atoms with E-state index in [2.05, 4.69) is 15.4 Å². The maximum Gasteiger partial charge on any atom is 0.349 e. The number of ether oxygens (including phenoxy) is 1. The van der Waals surface area contributed by atoms with Gasteiger partial charge in [0.05, 0.1) is 21.1 Å². The molecule has 3 aromatic rings. The first-order valence-electron chi connectivity index (χ1n) is 9.94. The molecule has 0 saturated heterocycles. The van der Waals surface area contributed by atoms with Crippen molar-refractivity contribution in [1.29, 1.82) is 0 Å². The Morgan fingerprint density at radius 3 is 2.69 bits per heavy atom. The minimum Gasteiger partial charge on any atom is -0.454 e. The Morgan fingerprint density at radius 1 is 1.19 bits per heavy atom. The van der Waals surface area contributed by atoms with Crippen molar-refractivity contribution in [2.45, 2.75) is 24.7 Å². The Kier molecular flexibility index (Phi) is 3.86. The highest BCUT2D eigenvalue weighted by Gasteiger charge is 2.66. The van der Waals surface area contributed by atoms with Gasteiger partial charge in [0.15, 0.2) is 5.75 Å². The number of anilines is 2. The molecule has 4 N–H and O–H groups in total. The highest BCUT2D eigenvalue weighted by atomic mass is 35.5. The van der Waals surface area contributed by atoms with E-state index in [1.54, 1.807) is 6.07 Å². The standard InChI is InChI=1S/C21H15Cl2N5O4/c22-11-5-9(28-20(31)26-18(29)17(24)27-28)6-12(23)16(11)32-14-4-3-13-15-10(14)2-1-8-7-21(8,15)19(30)25-13/h3-6,8H,1-2,7H2,(H2,24,27)(H,25,30)(H,26,29,31). The molecule has 2 aromatic carbocycles. The van der Waals surface area contributed by atoms with Gasteiger partial charge in [0.1, 0.15) is 5.75 Å². The summed E-state index contributed by atoms with van der Waals surface area (Å²) in [6, 6.07) is 6.52. The van der Waals surface area contributed by atoms with Crippen LogP contribution in [0.25, 0.3) is 5.69 Å². The molecule has 9 nitrogen and oxygen atoms in total. The van der Waals surface area contributed by atoms with Crippen molar-refractivity contribution in [3.8, 4) is 17.2 Å². The first-order valence-corrected chi connectivity index (χ1v) is 10.7. The fourth-order valence-electron chi connectivity index (χ4n) is 4.98. The van der Waals surface area contributed by atoms with E-state index >= 15 is 0 Å². The summed E-state index contributed by atoms with van der Waals surface area (Å²) < 4.78 is 7.03. The predicted octanol–water partition coefficient (Wildman–Crippen LogP) is 2.76. The van der Waals surface area contributed by atoms with Crippen LogP contribution in [-0.4, -0.2) is 20.7 Å². The number of aromatic amines is 1. The molecule has 2 unspecified atom stereocenters. The van der Waals surface area contributed by atoms with Crippen LogP contribution >= 0.6 is 23.2 Å². The molecule has 1 saturated carbocycles. The zero-order valence-corrected chi connectivity index (χ0v) is 17.9. The van der Waals surface area contributed by atoms with Crippen LogP contribution < -0.4 is 27.0 Å². The van der Waals surface area contributed by atoms with Gasteiger partial charge in [-0.2, -0.15) is 4.68 Å². The SMILES string of the molecule is Nc1nn(-c2cc(Cl)c(Oc3ccc4c5c3CCC3CC53C(=O)N4)c(Cl)c2)c(=O)[nH]c1=O. The summed E-state index contributed by atoms with van der Waals surface area (Å²) in [6.45, 7) is 0. The molecule has 3 aliphatic rings. The van der Waals surface area contributed by atoms with Crippen molar-refractivity contribution in [3.05, 3.63) is 66.3 Å². The second-order valence-corrected chi connectivity index (χ2v) is 9.04. The lowest BCUT2D eigenvalue weighted by atomic mass is 9.82. The van der Waals surface area contributed by atoms with Gasteiger partial charge in [-0.15, -0.1) is 5.10 Å². The van der Waals surface area contributed by atoms with Crippen LogP contribution in [0.5, 0.6) is 11.5 Å². The lowest BCUT2D eigenvalue weighted by Gasteiger charge is -2.22. The molecule has 162 valence electrons. The van der Waals surface area contributed by atoms with E-state index in [4.69, 9.17) is 33.7 Å². The number of nitrogens with one attached hydrogen (secondary N) is 2. The van der Waals surface area contributed by atoms with Gasteiger partial charge in [0.2, 0.25) is 11.7 Å². The normalized spacial score (nSPS) is 22.2. The number of amides is 1. The summed E-state index contributed by atoms with van der Waals surface area (Å²) in [5.41, 5.74) is 6.60. The molecule has 1 aromatic heterocycles. The number of rotatable bonds is 3. The van der Waals surface area contributed by atoms with Crippen LogP contribution in [-0.2, 0) is 16.6 Å². The van der Waals surface area contributed by atoms with Gasteiger partial charge in [-0.3, -0.25) is 14.6 Å². The third kappa shape index (κ3) is 2.52. The number of hydrogen-bond donors (Lipinski definition) is 3. The molecule has 6 rings (SSSR count). The number of hydrogen-bond acceptors (Lipinski definition) is 6. The van der Waals surface area contributed by atoms with Crippen LogP contribution in [0.2, 0.25) is 10.0 Å². The Hall–Kier alpha value is -3.30. The summed E-state index contributed by atoms with van der Waals surface area (Å²) in [4.78, 5) is 38.2. The number of H-pyrrole nitrogens is 1. The van der Waals surface area contributed by atoms with E-state index in [1.807, 2.05) is 6.07 Å². The first kappa shape index (κ1) is 19.4. The summed E-state index contributed by atoms with van der Waals surface area (Å²) in [5.74, 6) is 0.876. The average Bonchev–Trinajstić information content (AvgIpc) is 3.43. The van der Waals surface area contributed by atoms with E-state index in [0.29, 0.717) is 11.7 Å². The van der Waals surface area contributed by atoms with Gasteiger partial charge in [0, 0.05) is 11.3 Å². The largest absolute Gasteiger partial charge is 0.454 e. The van der Waals surface area contributed by atoms with E-state index in [0.717, 1.165) is 40.8 Å². The molecule has 0 bridgehead atoms. The number of carbonyl (C=O) groups is 1. The van der Waals surface area contributed by atoms with Crippen molar-refractivity contribution < 1.29 is 9.53 Å². The van der Waals surface area contributed by atoms with Crippen molar-refractivity contribution in [2.24, 2.45) is 5.92 Å². The summed E-state index contributed by atoms with van der Waals surface area (Å²) in [5, 5.41) is 7.06. The number of nitrogen functional groups attached to an aromatic ring is 1. The average molecular weight is 472 g/mol. The molecule has 0 radical (unpaired) electrons. The fraction of sp³-hybridized carbons (Fsp3) is 0.238. The Morgan fingerprint density at radius 2 is 1.94 bits per heavy atom. The van der Waals surface area contributed by atoms with Crippen molar-refractivity contribution >= 4 is 40.6 Å². The fourth-order valence-corrected chi connectivity index (χ4v) is 5.53. The maximum atomic E-state index is 12.6. The van der Waals surface area contributed by atoms with Crippen LogP contribution in [0.15, 0.2) is 33.9 Å². The van der Waals surface area contributed by atoms with Gasteiger partial charge in [-0.25, -0.2) is 4.79 Å². The number of nitrogens with two attached hydrogens (primary N) is 1. The number of carbonyl (C=O) groups excluding carboxylic acids is 1. The molecule has 1 amide bonds. The monoisotopic (exact) mass is 471 g/mol. The molecular weight excluding hydrogens is 457 g/mol. The third-order valence-electron chi connectivity index (χ3n) is 6.51. The lowest BCUT2D eigenvalue weighted by Crippen LogP contribution is -2.33. The second kappa shape index (κ2) is 6.36. The number of aromatic nitrogens is 3. The topological polar surface area (TPSA) is 132 Å². The molecule has 2 heterocycles. The van der Waals surface area contributed by atoms with E-state index in [-0.39, 0.29) is 33.2 Å². The third-order valence-corrected chi connectivity index (χ3v) is 7.07. The number of benzene rings is 2. The molecular formula is C21H15Cl2N5O4. The van der Waals surface area contributed by atoms with Crippen LogP contribution in [0.3, 0.4) is 0 Å². The van der Waals surface area contributed by atoms with Crippen LogP contribution in [0.1, 0.15) is 24.0 Å². The Bertz CT molecular complexity index is 1460. The minimum atomic E-state index is -0.783. The highest BCUT2D eigenvalue weighted by Crippen LogP contribution is 2.66. The van der Waals surface area contributed by atoms with Crippen LogP contribution in [0, 0.1) is 5.92 Å². The van der Waals surface area contributed by atoms with E-state index < -0.39 is 16.7 Å². The predicted molar refractivity (Wildman–Crippen MR) is 118 cm³/mol. The molecule has 32 heavy (non-hydrogen) atoms. The molecule has 2 atom stereocenters. The smallest absolute Gasteiger partial charge is 0.349 e. The number of halogens is 2. The summed E-state index contributed by atoms with van der Waals surface area (Å²) >= 11 is 12.9. The van der Waals surface area contributed by atoms with Crippen LogP contribution in [0.4, 0.5) is 11.5 Å². The van der Waals surface area contributed by atoms with Gasteiger partial charge < -0.3 is 15.8 Å². The van der Waals surface area contributed by atoms with Crippen molar-refractivity contribution in [3.63, 3.8) is 0 Å². The molecule has 1 spiro atoms. The molecule has 1 aliphatic heterocycles. The quantitative estimate of drug-likeness (QED) is 0.537. The molecule has 2 aliphatic carbocycles. The first-order chi connectivity index (χ1) is 15.3. The van der Waals surface area contributed by atoms with Crippen molar-refractivity contribution in [2.75, 3.05) is 11.1 Å². The van der Waals surface area contributed by atoms with Gasteiger partial charge in [-0.1, -0.05) is 23.2 Å². The second-order valence-electron chi connectivity index (χ2n) is 8.23. The van der Waals surface area contributed by atoms with Crippen molar-refractivity contribution in [1.82, 2.24) is 14.8 Å². The molecule has 11 heteroatoms. The van der Waals surface area contributed by atoms with Gasteiger partial charge in [-0.05, 0) is 55.0 Å². The Balaban J connectivity index is 1.42. The lowest BCUT2D eigenvalue weighted by molar-refractivity contribution is -0.118. The Labute approximate surface area is 190 Å². The molecule has 1 fully saturated rings. The zero-order valence-electron chi connectivity index (χ0n) is 16.4.